The molecule has 0 fully saturated rings. The van der Waals surface area contributed by atoms with E-state index in [9.17, 15) is 18.0 Å². The summed E-state index contributed by atoms with van der Waals surface area (Å²) in [6, 6.07) is 18.3. The van der Waals surface area contributed by atoms with Crippen LogP contribution in [-0.2, 0) is 6.61 Å². The summed E-state index contributed by atoms with van der Waals surface area (Å²) in [6.45, 7) is -2.73. The van der Waals surface area contributed by atoms with E-state index < -0.39 is 12.5 Å². The lowest BCUT2D eigenvalue weighted by Gasteiger charge is -2.10. The Morgan fingerprint density at radius 3 is 2.40 bits per heavy atom. The van der Waals surface area contributed by atoms with Crippen molar-refractivity contribution >= 4 is 12.1 Å². The molecule has 0 atom stereocenters. The fraction of sp³-hybridized carbons (Fsp3) is 0.0909. The Morgan fingerprint density at radius 1 is 1.00 bits per heavy atom. The Labute approximate surface area is 170 Å². The number of hydrogen-bond acceptors (Lipinski definition) is 4. The highest BCUT2D eigenvalue weighted by Crippen LogP contribution is 2.19. The van der Waals surface area contributed by atoms with Gasteiger partial charge in [0.25, 0.3) is 5.91 Å². The second-order valence-corrected chi connectivity index (χ2v) is 6.06. The number of halogens is 3. The molecular weight excluding hydrogens is 397 g/mol. The molecule has 0 unspecified atom stereocenters. The summed E-state index contributed by atoms with van der Waals surface area (Å²) in [5.74, 6) is -0.451. The first-order valence-corrected chi connectivity index (χ1v) is 8.86. The van der Waals surface area contributed by atoms with Crippen molar-refractivity contribution in [3.05, 3.63) is 95.3 Å². The van der Waals surface area contributed by atoms with Crippen molar-refractivity contribution < 1.29 is 27.4 Å². The molecule has 0 aliphatic carbocycles. The van der Waals surface area contributed by atoms with Gasteiger partial charge in [0.15, 0.2) is 0 Å². The summed E-state index contributed by atoms with van der Waals surface area (Å²) in [4.78, 5) is 12.4. The van der Waals surface area contributed by atoms with E-state index in [0.29, 0.717) is 11.3 Å². The van der Waals surface area contributed by atoms with Gasteiger partial charge >= 0.3 is 6.61 Å². The summed E-state index contributed by atoms with van der Waals surface area (Å²) in [6.07, 6.45) is 1.37. The fourth-order valence-electron chi connectivity index (χ4n) is 2.48. The van der Waals surface area contributed by atoms with Gasteiger partial charge in [-0.15, -0.1) is 0 Å². The average Bonchev–Trinajstić information content (AvgIpc) is 2.74. The van der Waals surface area contributed by atoms with Crippen molar-refractivity contribution in [2.75, 3.05) is 0 Å². The van der Waals surface area contributed by atoms with Crippen molar-refractivity contribution in [3.8, 4) is 11.5 Å². The zero-order valence-corrected chi connectivity index (χ0v) is 15.6. The topological polar surface area (TPSA) is 59.9 Å². The van der Waals surface area contributed by atoms with Crippen LogP contribution in [0.4, 0.5) is 13.2 Å². The molecule has 0 saturated heterocycles. The molecule has 0 aromatic heterocycles. The van der Waals surface area contributed by atoms with Crippen molar-refractivity contribution in [3.63, 3.8) is 0 Å². The number of rotatable bonds is 8. The second-order valence-electron chi connectivity index (χ2n) is 6.06. The van der Waals surface area contributed by atoms with E-state index in [0.717, 1.165) is 5.56 Å². The lowest BCUT2D eigenvalue weighted by atomic mass is 10.2. The molecule has 3 aromatic rings. The highest BCUT2D eigenvalue weighted by Gasteiger charge is 2.11. The number of amides is 1. The number of carbonyl (C=O) groups excluding carboxylic acids is 1. The summed E-state index contributed by atoms with van der Waals surface area (Å²) in [5, 5.41) is 3.87. The zero-order chi connectivity index (χ0) is 21.3. The first-order valence-electron chi connectivity index (χ1n) is 8.86. The maximum absolute atomic E-state index is 13.0. The van der Waals surface area contributed by atoms with Gasteiger partial charge in [-0.25, -0.2) is 9.82 Å². The number of hydrazone groups is 1. The van der Waals surface area contributed by atoms with E-state index in [1.807, 2.05) is 0 Å². The molecule has 0 radical (unpaired) electrons. The highest BCUT2D eigenvalue weighted by atomic mass is 19.3. The van der Waals surface area contributed by atoms with Crippen LogP contribution in [0.1, 0.15) is 21.5 Å². The van der Waals surface area contributed by atoms with E-state index in [1.54, 1.807) is 36.4 Å². The smallest absolute Gasteiger partial charge is 0.387 e. The Morgan fingerprint density at radius 2 is 1.70 bits per heavy atom. The molecule has 1 N–H and O–H groups in total. The molecule has 0 aliphatic heterocycles. The molecule has 3 aromatic carbocycles. The predicted octanol–water partition coefficient (Wildman–Crippen LogP) is 4.77. The molecule has 30 heavy (non-hydrogen) atoms. The van der Waals surface area contributed by atoms with E-state index in [1.165, 1.54) is 42.6 Å². The molecule has 5 nitrogen and oxygen atoms in total. The van der Waals surface area contributed by atoms with Gasteiger partial charge in [-0.05, 0) is 59.7 Å². The molecule has 1 amide bonds. The first kappa shape index (κ1) is 20.9. The molecule has 0 spiro atoms. The van der Waals surface area contributed by atoms with E-state index in [4.69, 9.17) is 4.74 Å². The minimum atomic E-state index is -2.89. The molecule has 0 saturated carbocycles. The van der Waals surface area contributed by atoms with Gasteiger partial charge in [0.1, 0.15) is 23.9 Å². The second kappa shape index (κ2) is 10.1. The highest BCUT2D eigenvalue weighted by molar-refractivity contribution is 5.97. The molecule has 0 bridgehead atoms. The summed E-state index contributed by atoms with van der Waals surface area (Å²) in [5.41, 5.74) is 4.00. The van der Waals surface area contributed by atoms with Crippen LogP contribution in [0.5, 0.6) is 11.5 Å². The maximum Gasteiger partial charge on any atom is 0.387 e. The SMILES string of the molecule is O=C(N/N=C/c1ccc(OC(F)F)cc1)c1ccccc1OCc1ccc(F)cc1. The molecule has 3 rings (SSSR count). The van der Waals surface area contributed by atoms with Crippen molar-refractivity contribution in [2.45, 2.75) is 13.2 Å². The van der Waals surface area contributed by atoms with Gasteiger partial charge in [-0.3, -0.25) is 4.79 Å². The Hall–Kier alpha value is -3.81. The number of carbonyl (C=O) groups is 1. The number of alkyl halides is 2. The third kappa shape index (κ3) is 6.10. The standard InChI is InChI=1S/C22H17F3N2O3/c23-17-9-5-16(6-10-17)14-29-20-4-2-1-3-19(20)21(28)27-26-13-15-7-11-18(12-8-15)30-22(24)25/h1-13,22H,14H2,(H,27,28)/b26-13+. The van der Waals surface area contributed by atoms with Gasteiger partial charge in [0.2, 0.25) is 0 Å². The third-order valence-electron chi connectivity index (χ3n) is 3.92. The molecule has 0 heterocycles. The largest absolute Gasteiger partial charge is 0.488 e. The van der Waals surface area contributed by atoms with Crippen LogP contribution in [0, 0.1) is 5.82 Å². The minimum absolute atomic E-state index is 0.0263. The van der Waals surface area contributed by atoms with Crippen LogP contribution >= 0.6 is 0 Å². The molecular formula is C22H17F3N2O3. The van der Waals surface area contributed by atoms with E-state index >= 15 is 0 Å². The van der Waals surface area contributed by atoms with Gasteiger partial charge in [0.05, 0.1) is 11.8 Å². The predicted molar refractivity (Wildman–Crippen MR) is 105 cm³/mol. The first-order chi connectivity index (χ1) is 14.5. The van der Waals surface area contributed by atoms with Gasteiger partial charge in [-0.1, -0.05) is 24.3 Å². The maximum atomic E-state index is 13.0. The number of benzene rings is 3. The minimum Gasteiger partial charge on any atom is -0.488 e. The van der Waals surface area contributed by atoms with Gasteiger partial charge < -0.3 is 9.47 Å². The van der Waals surface area contributed by atoms with Crippen LogP contribution in [0.15, 0.2) is 77.9 Å². The lowest BCUT2D eigenvalue weighted by Crippen LogP contribution is -2.18. The van der Waals surface area contributed by atoms with Crippen LogP contribution in [0.25, 0.3) is 0 Å². The number of ether oxygens (including phenoxy) is 2. The van der Waals surface area contributed by atoms with Gasteiger partial charge in [-0.2, -0.15) is 13.9 Å². The molecule has 8 heteroatoms. The summed E-state index contributed by atoms with van der Waals surface area (Å²) >= 11 is 0. The summed E-state index contributed by atoms with van der Waals surface area (Å²) < 4.78 is 47.2. The number of nitrogens with zero attached hydrogens (tertiary/aromatic N) is 1. The third-order valence-corrected chi connectivity index (χ3v) is 3.92. The normalized spacial score (nSPS) is 10.9. The Kier molecular flexibility index (Phi) is 7.05. The average molecular weight is 414 g/mol. The lowest BCUT2D eigenvalue weighted by molar-refractivity contribution is -0.0498. The Bertz CT molecular complexity index is 1010. The molecule has 154 valence electrons. The van der Waals surface area contributed by atoms with Crippen molar-refractivity contribution in [1.29, 1.82) is 0 Å². The quantitative estimate of drug-likeness (QED) is 0.427. The molecule has 0 aliphatic rings. The zero-order valence-electron chi connectivity index (χ0n) is 15.6. The van der Waals surface area contributed by atoms with Crippen LogP contribution < -0.4 is 14.9 Å². The van der Waals surface area contributed by atoms with Crippen LogP contribution in [0.2, 0.25) is 0 Å². The van der Waals surface area contributed by atoms with Gasteiger partial charge in [0, 0.05) is 0 Å². The van der Waals surface area contributed by atoms with Crippen molar-refractivity contribution in [2.24, 2.45) is 5.10 Å². The fourth-order valence-corrected chi connectivity index (χ4v) is 2.48. The number of hydrogen-bond donors (Lipinski definition) is 1. The van der Waals surface area contributed by atoms with E-state index in [2.05, 4.69) is 15.3 Å². The Balaban J connectivity index is 1.60. The number of para-hydroxylation sites is 1. The van der Waals surface area contributed by atoms with E-state index in [-0.39, 0.29) is 23.7 Å². The monoisotopic (exact) mass is 414 g/mol. The van der Waals surface area contributed by atoms with Crippen molar-refractivity contribution in [1.82, 2.24) is 5.43 Å². The summed E-state index contributed by atoms with van der Waals surface area (Å²) in [7, 11) is 0. The van der Waals surface area contributed by atoms with Crippen LogP contribution in [0.3, 0.4) is 0 Å². The van der Waals surface area contributed by atoms with Crippen LogP contribution in [-0.4, -0.2) is 18.7 Å². The number of nitrogens with one attached hydrogen (secondary N) is 1.